The number of hydrogen-bond donors (Lipinski definition) is 2. The third kappa shape index (κ3) is 1.44. The first-order chi connectivity index (χ1) is 5.92. The zero-order valence-electron chi connectivity index (χ0n) is 7.11. The lowest BCUT2D eigenvalue weighted by Gasteiger charge is -1.99. The van der Waals surface area contributed by atoms with Crippen LogP contribution in [0.15, 0.2) is 5.16 Å². The van der Waals surface area contributed by atoms with Crippen molar-refractivity contribution in [3.63, 3.8) is 0 Å². The summed E-state index contributed by atoms with van der Waals surface area (Å²) in [5.41, 5.74) is -0.0179. The van der Waals surface area contributed by atoms with Gasteiger partial charge in [-0.2, -0.15) is 0 Å². The van der Waals surface area contributed by atoms with Gasteiger partial charge in [0.2, 0.25) is 0 Å². The first-order valence-electron chi connectivity index (χ1n) is 3.87. The minimum absolute atomic E-state index is 0.0179. The van der Waals surface area contributed by atoms with Crippen molar-refractivity contribution in [3.05, 3.63) is 5.82 Å². The minimum Gasteiger partial charge on any atom is -0.261 e. The van der Waals surface area contributed by atoms with Crippen molar-refractivity contribution in [2.45, 2.75) is 30.3 Å². The molecule has 6 nitrogen and oxygen atoms in total. The van der Waals surface area contributed by atoms with Gasteiger partial charge in [0.05, 0.1) is 0 Å². The molecule has 1 fully saturated rings. The van der Waals surface area contributed by atoms with Gasteiger partial charge in [0.1, 0.15) is 5.82 Å². The van der Waals surface area contributed by atoms with Crippen molar-refractivity contribution in [1.29, 1.82) is 0 Å². The minimum atomic E-state index is -3.77. The molecule has 1 aliphatic rings. The number of nitrogens with zero attached hydrogens (tertiary/aromatic N) is 2. The average molecular weight is 202 g/mol. The van der Waals surface area contributed by atoms with Crippen LogP contribution in [0.25, 0.3) is 0 Å². The number of aromatic amines is 1. The van der Waals surface area contributed by atoms with E-state index in [1.54, 1.807) is 0 Å². The SMILES string of the molecule is CC1(c2nc(S(N)(=O)=O)n[nH]2)CC1. The summed E-state index contributed by atoms with van der Waals surface area (Å²) < 4.78 is 21.7. The van der Waals surface area contributed by atoms with E-state index < -0.39 is 10.0 Å². The molecular formula is C6H10N4O2S. The second kappa shape index (κ2) is 2.30. The van der Waals surface area contributed by atoms with E-state index in [0.717, 1.165) is 12.8 Å². The highest BCUT2D eigenvalue weighted by Gasteiger charge is 2.42. The van der Waals surface area contributed by atoms with Crippen LogP contribution in [0, 0.1) is 0 Å². The van der Waals surface area contributed by atoms with E-state index >= 15 is 0 Å². The second-order valence-electron chi connectivity index (χ2n) is 3.57. The quantitative estimate of drug-likeness (QED) is 0.675. The van der Waals surface area contributed by atoms with Crippen LogP contribution in [0.4, 0.5) is 0 Å². The van der Waals surface area contributed by atoms with Gasteiger partial charge >= 0.3 is 0 Å². The van der Waals surface area contributed by atoms with Gasteiger partial charge in [-0.15, -0.1) is 5.10 Å². The smallest absolute Gasteiger partial charge is 0.261 e. The predicted molar refractivity (Wildman–Crippen MR) is 44.3 cm³/mol. The molecule has 0 aromatic carbocycles. The number of rotatable bonds is 2. The van der Waals surface area contributed by atoms with Crippen LogP contribution in [-0.2, 0) is 15.4 Å². The Hall–Kier alpha value is -0.950. The van der Waals surface area contributed by atoms with Gasteiger partial charge in [-0.1, -0.05) is 6.92 Å². The third-order valence-electron chi connectivity index (χ3n) is 2.29. The van der Waals surface area contributed by atoms with E-state index in [-0.39, 0.29) is 10.6 Å². The van der Waals surface area contributed by atoms with Crippen molar-refractivity contribution in [1.82, 2.24) is 15.2 Å². The molecule has 1 aliphatic carbocycles. The largest absolute Gasteiger partial charge is 0.282 e. The van der Waals surface area contributed by atoms with Crippen molar-refractivity contribution < 1.29 is 8.42 Å². The van der Waals surface area contributed by atoms with Gasteiger partial charge in [0.15, 0.2) is 0 Å². The topological polar surface area (TPSA) is 102 Å². The Morgan fingerprint density at radius 2 is 2.15 bits per heavy atom. The summed E-state index contributed by atoms with van der Waals surface area (Å²) in [4.78, 5) is 3.84. The lowest BCUT2D eigenvalue weighted by atomic mass is 10.1. The zero-order chi connectivity index (χ0) is 9.69. The van der Waals surface area contributed by atoms with E-state index in [2.05, 4.69) is 15.2 Å². The van der Waals surface area contributed by atoms with E-state index in [4.69, 9.17) is 5.14 Å². The highest BCUT2D eigenvalue weighted by Crippen LogP contribution is 2.45. The van der Waals surface area contributed by atoms with Crippen molar-refractivity contribution in [3.8, 4) is 0 Å². The van der Waals surface area contributed by atoms with Gasteiger partial charge in [0.25, 0.3) is 15.2 Å². The number of H-pyrrole nitrogens is 1. The van der Waals surface area contributed by atoms with Gasteiger partial charge in [-0.25, -0.2) is 18.5 Å². The number of primary sulfonamides is 1. The Bertz CT molecular complexity index is 431. The summed E-state index contributed by atoms with van der Waals surface area (Å²) in [5.74, 6) is 0.608. The summed E-state index contributed by atoms with van der Waals surface area (Å²) in [7, 11) is -3.77. The molecule has 0 unspecified atom stereocenters. The number of hydrogen-bond acceptors (Lipinski definition) is 4. The Labute approximate surface area is 75.6 Å². The Morgan fingerprint density at radius 3 is 2.54 bits per heavy atom. The van der Waals surface area contributed by atoms with E-state index in [1.165, 1.54) is 0 Å². The standard InChI is InChI=1S/C6H10N4O2S/c1-6(2-3-6)4-8-5(10-9-4)13(7,11)12/h2-3H2,1H3,(H2,7,11,12)(H,8,9,10). The molecule has 0 atom stereocenters. The molecule has 1 aromatic rings. The summed E-state index contributed by atoms with van der Waals surface area (Å²) in [6.45, 7) is 2.00. The zero-order valence-corrected chi connectivity index (χ0v) is 7.93. The molecule has 1 heterocycles. The molecule has 0 saturated heterocycles. The van der Waals surface area contributed by atoms with Gasteiger partial charge in [-0.3, -0.25) is 5.10 Å². The lowest BCUT2D eigenvalue weighted by Crippen LogP contribution is -2.14. The van der Waals surface area contributed by atoms with Gasteiger partial charge < -0.3 is 0 Å². The Morgan fingerprint density at radius 1 is 1.54 bits per heavy atom. The second-order valence-corrected chi connectivity index (χ2v) is 5.03. The molecule has 3 N–H and O–H groups in total. The maximum absolute atomic E-state index is 10.8. The van der Waals surface area contributed by atoms with Crippen LogP contribution in [0.2, 0.25) is 0 Å². The van der Waals surface area contributed by atoms with E-state index in [1.807, 2.05) is 6.92 Å². The first kappa shape index (κ1) is 8.64. The Kier molecular flexibility index (Phi) is 1.53. The van der Waals surface area contributed by atoms with Gasteiger partial charge in [0, 0.05) is 5.41 Å². The fraction of sp³-hybridized carbons (Fsp3) is 0.667. The summed E-state index contributed by atoms with van der Waals surface area (Å²) in [5, 5.41) is 10.7. The maximum atomic E-state index is 10.8. The van der Waals surface area contributed by atoms with Crippen LogP contribution in [0.5, 0.6) is 0 Å². The Balaban J connectivity index is 2.39. The molecule has 2 rings (SSSR count). The lowest BCUT2D eigenvalue weighted by molar-refractivity contribution is 0.589. The fourth-order valence-corrected chi connectivity index (χ4v) is 1.46. The molecule has 7 heteroatoms. The molecule has 0 amide bonds. The van der Waals surface area contributed by atoms with Crippen LogP contribution in [-0.4, -0.2) is 23.6 Å². The van der Waals surface area contributed by atoms with Gasteiger partial charge in [-0.05, 0) is 12.8 Å². The summed E-state index contributed by atoms with van der Waals surface area (Å²) in [6.07, 6.45) is 2.01. The molecule has 1 saturated carbocycles. The normalized spacial score (nSPS) is 20.2. The summed E-state index contributed by atoms with van der Waals surface area (Å²) >= 11 is 0. The summed E-state index contributed by atoms with van der Waals surface area (Å²) in [6, 6.07) is 0. The molecule has 0 aliphatic heterocycles. The van der Waals surface area contributed by atoms with Crippen LogP contribution < -0.4 is 5.14 Å². The number of nitrogens with two attached hydrogens (primary N) is 1. The van der Waals surface area contributed by atoms with Crippen molar-refractivity contribution in [2.24, 2.45) is 5.14 Å². The molecule has 0 bridgehead atoms. The third-order valence-corrected chi connectivity index (χ3v) is 2.98. The van der Waals surface area contributed by atoms with Crippen molar-refractivity contribution in [2.75, 3.05) is 0 Å². The number of nitrogens with one attached hydrogen (secondary N) is 1. The molecular weight excluding hydrogens is 192 g/mol. The van der Waals surface area contributed by atoms with Crippen LogP contribution in [0.1, 0.15) is 25.6 Å². The number of sulfonamides is 1. The van der Waals surface area contributed by atoms with E-state index in [9.17, 15) is 8.42 Å². The van der Waals surface area contributed by atoms with Crippen LogP contribution in [0.3, 0.4) is 0 Å². The molecule has 0 radical (unpaired) electrons. The van der Waals surface area contributed by atoms with Crippen LogP contribution >= 0.6 is 0 Å². The molecule has 0 spiro atoms. The van der Waals surface area contributed by atoms with Crippen molar-refractivity contribution >= 4 is 10.0 Å². The highest BCUT2D eigenvalue weighted by molar-refractivity contribution is 7.89. The molecule has 13 heavy (non-hydrogen) atoms. The predicted octanol–water partition coefficient (Wildman–Crippen LogP) is -0.496. The average Bonchev–Trinajstić information content (AvgIpc) is 2.60. The fourth-order valence-electron chi connectivity index (χ4n) is 1.07. The van der Waals surface area contributed by atoms with E-state index in [0.29, 0.717) is 5.82 Å². The molecule has 72 valence electrons. The maximum Gasteiger partial charge on any atom is 0.282 e. The highest BCUT2D eigenvalue weighted by atomic mass is 32.2. The first-order valence-corrected chi connectivity index (χ1v) is 5.42. The number of aromatic nitrogens is 3. The monoisotopic (exact) mass is 202 g/mol. The molecule has 1 aromatic heterocycles.